The predicted octanol–water partition coefficient (Wildman–Crippen LogP) is 0.978. The third-order valence-corrected chi connectivity index (χ3v) is 3.08. The molecule has 18 heavy (non-hydrogen) atoms. The fourth-order valence-electron chi connectivity index (χ4n) is 2.13. The highest BCUT2D eigenvalue weighted by Gasteiger charge is 2.28. The van der Waals surface area contributed by atoms with Crippen molar-refractivity contribution in [1.29, 1.82) is 0 Å². The summed E-state index contributed by atoms with van der Waals surface area (Å²) in [5.41, 5.74) is 1.74. The fourth-order valence-corrected chi connectivity index (χ4v) is 2.13. The Kier molecular flexibility index (Phi) is 3.72. The first-order valence-electron chi connectivity index (χ1n) is 5.95. The SMILES string of the molecule is CCOC(=O)C1Cc2c(ccc(OC)c2O)CN1. The van der Waals surface area contributed by atoms with E-state index < -0.39 is 6.04 Å². The number of phenols is 1. The van der Waals surface area contributed by atoms with Crippen LogP contribution in [0.25, 0.3) is 0 Å². The first kappa shape index (κ1) is 12.7. The van der Waals surface area contributed by atoms with Crippen LogP contribution in [0.5, 0.6) is 11.5 Å². The molecule has 0 saturated heterocycles. The Morgan fingerprint density at radius 2 is 2.33 bits per heavy atom. The zero-order valence-corrected chi connectivity index (χ0v) is 10.5. The first-order valence-corrected chi connectivity index (χ1v) is 5.95. The van der Waals surface area contributed by atoms with E-state index in [-0.39, 0.29) is 11.7 Å². The monoisotopic (exact) mass is 251 g/mol. The first-order chi connectivity index (χ1) is 8.67. The van der Waals surface area contributed by atoms with Gasteiger partial charge in [0.1, 0.15) is 6.04 Å². The number of rotatable bonds is 3. The molecule has 2 rings (SSSR count). The summed E-state index contributed by atoms with van der Waals surface area (Å²) in [6.45, 7) is 2.67. The quantitative estimate of drug-likeness (QED) is 0.784. The highest BCUT2D eigenvalue weighted by Crippen LogP contribution is 2.34. The van der Waals surface area contributed by atoms with Gasteiger partial charge in [-0.2, -0.15) is 0 Å². The summed E-state index contributed by atoms with van der Waals surface area (Å²) >= 11 is 0. The minimum Gasteiger partial charge on any atom is -0.504 e. The van der Waals surface area contributed by atoms with Crippen LogP contribution in [0.4, 0.5) is 0 Å². The van der Waals surface area contributed by atoms with Crippen molar-refractivity contribution in [3.63, 3.8) is 0 Å². The Labute approximate surface area is 106 Å². The van der Waals surface area contributed by atoms with E-state index in [1.54, 1.807) is 13.0 Å². The molecule has 0 bridgehead atoms. The van der Waals surface area contributed by atoms with Crippen LogP contribution in [0.3, 0.4) is 0 Å². The molecule has 0 saturated carbocycles. The van der Waals surface area contributed by atoms with Gasteiger partial charge in [-0.05, 0) is 18.6 Å². The molecule has 5 nitrogen and oxygen atoms in total. The number of carbonyl (C=O) groups excluding carboxylic acids is 1. The van der Waals surface area contributed by atoms with E-state index in [2.05, 4.69) is 5.32 Å². The van der Waals surface area contributed by atoms with Crippen LogP contribution >= 0.6 is 0 Å². The molecule has 0 radical (unpaired) electrons. The summed E-state index contributed by atoms with van der Waals surface area (Å²) in [7, 11) is 1.51. The van der Waals surface area contributed by atoms with E-state index >= 15 is 0 Å². The van der Waals surface area contributed by atoms with E-state index in [0.717, 1.165) is 11.1 Å². The van der Waals surface area contributed by atoms with Gasteiger partial charge in [-0.1, -0.05) is 6.07 Å². The number of nitrogens with one attached hydrogen (secondary N) is 1. The third kappa shape index (κ3) is 2.26. The van der Waals surface area contributed by atoms with E-state index in [1.807, 2.05) is 6.07 Å². The number of hydrogen-bond acceptors (Lipinski definition) is 5. The lowest BCUT2D eigenvalue weighted by molar-refractivity contribution is -0.145. The van der Waals surface area contributed by atoms with Crippen molar-refractivity contribution in [3.05, 3.63) is 23.3 Å². The lowest BCUT2D eigenvalue weighted by atomic mass is 9.94. The third-order valence-electron chi connectivity index (χ3n) is 3.08. The predicted molar refractivity (Wildman–Crippen MR) is 65.6 cm³/mol. The number of methoxy groups -OCH3 is 1. The van der Waals surface area contributed by atoms with Crippen LogP contribution < -0.4 is 10.1 Å². The van der Waals surface area contributed by atoms with Gasteiger partial charge in [-0.15, -0.1) is 0 Å². The Balaban J connectivity index is 2.24. The molecule has 1 aromatic rings. The van der Waals surface area contributed by atoms with Crippen molar-refractivity contribution in [1.82, 2.24) is 5.32 Å². The molecule has 1 aliphatic heterocycles. The molecule has 0 amide bonds. The molecule has 1 heterocycles. The Hall–Kier alpha value is -1.75. The molecule has 98 valence electrons. The zero-order valence-electron chi connectivity index (χ0n) is 10.5. The van der Waals surface area contributed by atoms with Gasteiger partial charge in [0.2, 0.25) is 0 Å². The van der Waals surface area contributed by atoms with Crippen molar-refractivity contribution in [2.75, 3.05) is 13.7 Å². The molecular weight excluding hydrogens is 234 g/mol. The molecule has 0 fully saturated rings. The Morgan fingerprint density at radius 3 is 3.00 bits per heavy atom. The second kappa shape index (κ2) is 5.27. The molecule has 0 aliphatic carbocycles. The van der Waals surface area contributed by atoms with E-state index in [9.17, 15) is 9.90 Å². The minimum atomic E-state index is -0.407. The number of aromatic hydroxyl groups is 1. The summed E-state index contributed by atoms with van der Waals surface area (Å²) in [6.07, 6.45) is 0.414. The van der Waals surface area contributed by atoms with Gasteiger partial charge < -0.3 is 19.9 Å². The van der Waals surface area contributed by atoms with Gasteiger partial charge in [-0.25, -0.2) is 0 Å². The van der Waals surface area contributed by atoms with Crippen LogP contribution in [-0.4, -0.2) is 30.8 Å². The smallest absolute Gasteiger partial charge is 0.323 e. The van der Waals surface area contributed by atoms with Crippen molar-refractivity contribution in [3.8, 4) is 11.5 Å². The summed E-state index contributed by atoms with van der Waals surface area (Å²) in [6, 6.07) is 3.21. The largest absolute Gasteiger partial charge is 0.504 e. The topological polar surface area (TPSA) is 67.8 Å². The average Bonchev–Trinajstić information content (AvgIpc) is 2.39. The van der Waals surface area contributed by atoms with Crippen molar-refractivity contribution < 1.29 is 19.4 Å². The van der Waals surface area contributed by atoms with Gasteiger partial charge in [0.05, 0.1) is 13.7 Å². The summed E-state index contributed by atoms with van der Waals surface area (Å²) in [5, 5.41) is 13.2. The van der Waals surface area contributed by atoms with E-state index in [4.69, 9.17) is 9.47 Å². The van der Waals surface area contributed by atoms with Crippen molar-refractivity contribution >= 4 is 5.97 Å². The number of esters is 1. The fraction of sp³-hybridized carbons (Fsp3) is 0.462. The van der Waals surface area contributed by atoms with Crippen LogP contribution in [-0.2, 0) is 22.5 Å². The highest BCUT2D eigenvalue weighted by molar-refractivity contribution is 5.77. The molecular formula is C13H17NO4. The Morgan fingerprint density at radius 1 is 1.56 bits per heavy atom. The lowest BCUT2D eigenvalue weighted by Crippen LogP contribution is -2.42. The van der Waals surface area contributed by atoms with Gasteiger partial charge in [0.15, 0.2) is 11.5 Å². The summed E-state index contributed by atoms with van der Waals surface area (Å²) < 4.78 is 10.0. The van der Waals surface area contributed by atoms with Crippen LogP contribution in [0.15, 0.2) is 12.1 Å². The summed E-state index contributed by atoms with van der Waals surface area (Å²) in [4.78, 5) is 11.7. The standard InChI is InChI=1S/C13H17NO4/c1-3-18-13(16)10-6-9-8(7-14-10)4-5-11(17-2)12(9)15/h4-5,10,14-15H,3,6-7H2,1-2H3. The zero-order chi connectivity index (χ0) is 13.1. The van der Waals surface area contributed by atoms with Gasteiger partial charge in [0.25, 0.3) is 0 Å². The van der Waals surface area contributed by atoms with Gasteiger partial charge in [0, 0.05) is 18.5 Å². The van der Waals surface area contributed by atoms with Crippen LogP contribution in [0.2, 0.25) is 0 Å². The molecule has 2 N–H and O–H groups in total. The van der Waals surface area contributed by atoms with Crippen LogP contribution in [0, 0.1) is 0 Å². The molecule has 1 unspecified atom stereocenters. The lowest BCUT2D eigenvalue weighted by Gasteiger charge is -2.25. The normalized spacial score (nSPS) is 18.0. The number of phenolic OH excluding ortho intramolecular Hbond substituents is 1. The minimum absolute atomic E-state index is 0.116. The molecule has 1 atom stereocenters. The van der Waals surface area contributed by atoms with E-state index in [0.29, 0.717) is 25.3 Å². The number of carbonyl (C=O) groups is 1. The highest BCUT2D eigenvalue weighted by atomic mass is 16.5. The molecule has 1 aliphatic rings. The second-order valence-electron chi connectivity index (χ2n) is 4.14. The average molecular weight is 251 g/mol. The number of hydrogen-bond donors (Lipinski definition) is 2. The maximum absolute atomic E-state index is 11.7. The summed E-state index contributed by atoms with van der Waals surface area (Å²) in [5.74, 6) is 0.259. The Bertz CT molecular complexity index is 459. The second-order valence-corrected chi connectivity index (χ2v) is 4.14. The maximum atomic E-state index is 11.7. The number of fused-ring (bicyclic) bond motifs is 1. The number of ether oxygens (including phenoxy) is 2. The maximum Gasteiger partial charge on any atom is 0.323 e. The molecule has 0 aromatic heterocycles. The van der Waals surface area contributed by atoms with Gasteiger partial charge >= 0.3 is 5.97 Å². The van der Waals surface area contributed by atoms with Crippen LogP contribution in [0.1, 0.15) is 18.1 Å². The molecule has 1 aromatic carbocycles. The van der Waals surface area contributed by atoms with Crippen molar-refractivity contribution in [2.24, 2.45) is 0 Å². The number of benzene rings is 1. The molecule has 5 heteroatoms. The van der Waals surface area contributed by atoms with Gasteiger partial charge in [-0.3, -0.25) is 4.79 Å². The van der Waals surface area contributed by atoms with E-state index in [1.165, 1.54) is 7.11 Å². The van der Waals surface area contributed by atoms with Crippen molar-refractivity contribution in [2.45, 2.75) is 25.9 Å². The molecule has 0 spiro atoms.